The first-order valence-corrected chi connectivity index (χ1v) is 7.08. The zero-order valence-corrected chi connectivity index (χ0v) is 11.6. The molecule has 0 amide bonds. The Morgan fingerprint density at radius 1 is 1.39 bits per heavy atom. The van der Waals surface area contributed by atoms with Crippen molar-refractivity contribution in [2.45, 2.75) is 51.6 Å². The smallest absolute Gasteiger partial charge is 0.203 e. The molecular formula is C14H25N3O. The van der Waals surface area contributed by atoms with Gasteiger partial charge in [0, 0.05) is 32.1 Å². The van der Waals surface area contributed by atoms with Crippen molar-refractivity contribution < 1.29 is 4.74 Å². The molecule has 0 saturated heterocycles. The topological polar surface area (TPSA) is 39.1 Å². The zero-order valence-electron chi connectivity index (χ0n) is 11.6. The fourth-order valence-electron chi connectivity index (χ4n) is 2.69. The standard InChI is InChI=1S/C14H25N3O/c1-12-6-4-3-5-7-13(12)16-14-15-8-9-17(14)10-11-18-2/h8-9,12-13H,3-7,10-11H2,1-2H3,(H,15,16). The van der Waals surface area contributed by atoms with Crippen LogP contribution in [0.5, 0.6) is 0 Å². The maximum absolute atomic E-state index is 5.12. The van der Waals surface area contributed by atoms with Crippen molar-refractivity contribution in [2.24, 2.45) is 5.92 Å². The Kier molecular flexibility index (Phi) is 5.05. The van der Waals surface area contributed by atoms with Gasteiger partial charge in [-0.15, -0.1) is 0 Å². The Bertz CT molecular complexity index is 351. The van der Waals surface area contributed by atoms with E-state index in [1.807, 2.05) is 12.4 Å². The van der Waals surface area contributed by atoms with Gasteiger partial charge < -0.3 is 14.6 Å². The SMILES string of the molecule is COCCn1ccnc1NC1CCCCCC1C. The molecule has 0 bridgehead atoms. The summed E-state index contributed by atoms with van der Waals surface area (Å²) in [6, 6.07) is 0.566. The van der Waals surface area contributed by atoms with E-state index in [1.54, 1.807) is 7.11 Å². The number of rotatable bonds is 5. The lowest BCUT2D eigenvalue weighted by Crippen LogP contribution is -2.28. The van der Waals surface area contributed by atoms with E-state index < -0.39 is 0 Å². The molecule has 2 rings (SSSR count). The van der Waals surface area contributed by atoms with Crippen molar-refractivity contribution >= 4 is 5.95 Å². The van der Waals surface area contributed by atoms with E-state index >= 15 is 0 Å². The van der Waals surface area contributed by atoms with Crippen LogP contribution in [0.1, 0.15) is 39.0 Å². The van der Waals surface area contributed by atoms with Crippen molar-refractivity contribution in [3.8, 4) is 0 Å². The molecule has 102 valence electrons. The quantitative estimate of drug-likeness (QED) is 0.818. The number of nitrogens with zero attached hydrogens (tertiary/aromatic N) is 2. The molecule has 1 heterocycles. The predicted octanol–water partition coefficient (Wildman–Crippen LogP) is 2.91. The lowest BCUT2D eigenvalue weighted by atomic mass is 9.97. The van der Waals surface area contributed by atoms with Gasteiger partial charge in [0.05, 0.1) is 6.61 Å². The lowest BCUT2D eigenvalue weighted by Gasteiger charge is -2.23. The van der Waals surface area contributed by atoms with Gasteiger partial charge in [0.1, 0.15) is 0 Å². The molecule has 0 aliphatic heterocycles. The summed E-state index contributed by atoms with van der Waals surface area (Å²) in [6.45, 7) is 3.94. The van der Waals surface area contributed by atoms with Gasteiger partial charge in [-0.25, -0.2) is 4.98 Å². The predicted molar refractivity (Wildman–Crippen MR) is 73.8 cm³/mol. The van der Waals surface area contributed by atoms with Crippen molar-refractivity contribution in [1.82, 2.24) is 9.55 Å². The molecule has 2 unspecified atom stereocenters. The number of aromatic nitrogens is 2. The van der Waals surface area contributed by atoms with Crippen LogP contribution in [0.15, 0.2) is 12.4 Å². The van der Waals surface area contributed by atoms with Gasteiger partial charge in [0.15, 0.2) is 0 Å². The van der Waals surface area contributed by atoms with E-state index in [1.165, 1.54) is 32.1 Å². The van der Waals surface area contributed by atoms with Crippen LogP contribution in [0.25, 0.3) is 0 Å². The number of ether oxygens (including phenoxy) is 1. The number of hydrogen-bond donors (Lipinski definition) is 1. The van der Waals surface area contributed by atoms with Crippen LogP contribution in [-0.4, -0.2) is 29.3 Å². The highest BCUT2D eigenvalue weighted by atomic mass is 16.5. The molecule has 1 N–H and O–H groups in total. The number of hydrogen-bond acceptors (Lipinski definition) is 3. The third kappa shape index (κ3) is 3.48. The first-order chi connectivity index (χ1) is 8.81. The molecule has 2 atom stereocenters. The molecule has 4 nitrogen and oxygen atoms in total. The summed E-state index contributed by atoms with van der Waals surface area (Å²) >= 11 is 0. The molecule has 1 saturated carbocycles. The minimum Gasteiger partial charge on any atom is -0.383 e. The summed E-state index contributed by atoms with van der Waals surface area (Å²) < 4.78 is 7.26. The highest BCUT2D eigenvalue weighted by Crippen LogP contribution is 2.25. The molecule has 0 spiro atoms. The molecule has 1 fully saturated rings. The monoisotopic (exact) mass is 251 g/mol. The Morgan fingerprint density at radius 2 is 2.22 bits per heavy atom. The van der Waals surface area contributed by atoms with Gasteiger partial charge >= 0.3 is 0 Å². The van der Waals surface area contributed by atoms with Crippen LogP contribution in [0.4, 0.5) is 5.95 Å². The highest BCUT2D eigenvalue weighted by molar-refractivity contribution is 5.28. The van der Waals surface area contributed by atoms with Gasteiger partial charge in [-0.2, -0.15) is 0 Å². The molecule has 18 heavy (non-hydrogen) atoms. The second-order valence-corrected chi connectivity index (χ2v) is 5.30. The maximum Gasteiger partial charge on any atom is 0.203 e. The van der Waals surface area contributed by atoms with E-state index in [-0.39, 0.29) is 0 Å². The van der Waals surface area contributed by atoms with Gasteiger partial charge in [0.25, 0.3) is 0 Å². The molecular weight excluding hydrogens is 226 g/mol. The first-order valence-electron chi connectivity index (χ1n) is 7.08. The van der Waals surface area contributed by atoms with Crippen LogP contribution in [0.3, 0.4) is 0 Å². The second kappa shape index (κ2) is 6.78. The van der Waals surface area contributed by atoms with Crippen LogP contribution in [0, 0.1) is 5.92 Å². The molecule has 1 aliphatic rings. The van der Waals surface area contributed by atoms with Gasteiger partial charge in [-0.05, 0) is 18.8 Å². The molecule has 0 aromatic carbocycles. The van der Waals surface area contributed by atoms with Crippen LogP contribution in [-0.2, 0) is 11.3 Å². The Labute approximate surface area is 110 Å². The average molecular weight is 251 g/mol. The number of methoxy groups -OCH3 is 1. The molecule has 1 aromatic rings. The zero-order chi connectivity index (χ0) is 12.8. The Balaban J connectivity index is 1.96. The van der Waals surface area contributed by atoms with Gasteiger partial charge in [0.2, 0.25) is 5.95 Å². The van der Waals surface area contributed by atoms with Crippen LogP contribution in [0.2, 0.25) is 0 Å². The lowest BCUT2D eigenvalue weighted by molar-refractivity contribution is 0.187. The minimum atomic E-state index is 0.566. The summed E-state index contributed by atoms with van der Waals surface area (Å²) in [5.41, 5.74) is 0. The van der Waals surface area contributed by atoms with E-state index in [9.17, 15) is 0 Å². The molecule has 0 radical (unpaired) electrons. The third-order valence-corrected chi connectivity index (χ3v) is 3.93. The molecule has 4 heteroatoms. The highest BCUT2D eigenvalue weighted by Gasteiger charge is 2.20. The number of nitrogens with one attached hydrogen (secondary N) is 1. The van der Waals surface area contributed by atoms with Crippen LogP contribution < -0.4 is 5.32 Å². The number of imidazole rings is 1. The number of anilines is 1. The van der Waals surface area contributed by atoms with E-state index in [4.69, 9.17) is 4.74 Å². The normalized spacial score (nSPS) is 24.8. The maximum atomic E-state index is 5.12. The molecule has 1 aliphatic carbocycles. The second-order valence-electron chi connectivity index (χ2n) is 5.30. The third-order valence-electron chi connectivity index (χ3n) is 3.93. The van der Waals surface area contributed by atoms with Crippen LogP contribution >= 0.6 is 0 Å². The summed E-state index contributed by atoms with van der Waals surface area (Å²) in [6.07, 6.45) is 10.6. The van der Waals surface area contributed by atoms with E-state index in [0.717, 1.165) is 25.0 Å². The Hall–Kier alpha value is -1.03. The van der Waals surface area contributed by atoms with E-state index in [0.29, 0.717) is 6.04 Å². The van der Waals surface area contributed by atoms with E-state index in [2.05, 4.69) is 21.8 Å². The summed E-state index contributed by atoms with van der Waals surface area (Å²) in [5.74, 6) is 1.73. The van der Waals surface area contributed by atoms with Crippen molar-refractivity contribution in [1.29, 1.82) is 0 Å². The average Bonchev–Trinajstić information content (AvgIpc) is 2.71. The van der Waals surface area contributed by atoms with Gasteiger partial charge in [-0.3, -0.25) is 0 Å². The van der Waals surface area contributed by atoms with Crippen molar-refractivity contribution in [3.05, 3.63) is 12.4 Å². The van der Waals surface area contributed by atoms with Crippen molar-refractivity contribution in [2.75, 3.05) is 19.0 Å². The summed E-state index contributed by atoms with van der Waals surface area (Å²) in [5, 5.41) is 3.62. The van der Waals surface area contributed by atoms with Gasteiger partial charge in [-0.1, -0.05) is 26.2 Å². The summed E-state index contributed by atoms with van der Waals surface area (Å²) in [7, 11) is 1.73. The largest absolute Gasteiger partial charge is 0.383 e. The summed E-state index contributed by atoms with van der Waals surface area (Å²) in [4.78, 5) is 4.42. The fraction of sp³-hybridized carbons (Fsp3) is 0.786. The fourth-order valence-corrected chi connectivity index (χ4v) is 2.69. The first kappa shape index (κ1) is 13.4. The molecule has 1 aromatic heterocycles. The van der Waals surface area contributed by atoms with Crippen molar-refractivity contribution in [3.63, 3.8) is 0 Å². The minimum absolute atomic E-state index is 0.566. The Morgan fingerprint density at radius 3 is 3.06 bits per heavy atom.